The minimum absolute atomic E-state index is 0.147. The summed E-state index contributed by atoms with van der Waals surface area (Å²) in [6.45, 7) is 1.01. The smallest absolute Gasteiger partial charge is 0.214 e. The number of ketones is 1. The van der Waals surface area contributed by atoms with E-state index >= 15 is 0 Å². The van der Waals surface area contributed by atoms with Gasteiger partial charge in [0.1, 0.15) is 5.75 Å². The first-order valence-corrected chi connectivity index (χ1v) is 6.68. The molecule has 0 saturated heterocycles. The quantitative estimate of drug-likeness (QED) is 0.793. The molecule has 1 saturated carbocycles. The first kappa shape index (κ1) is 12.8. The van der Waals surface area contributed by atoms with Crippen molar-refractivity contribution < 1.29 is 9.53 Å². The Labute approximate surface area is 116 Å². The van der Waals surface area contributed by atoms with Crippen LogP contribution in [0.4, 0.5) is 0 Å². The molecule has 1 fully saturated rings. The SMILES string of the molecule is NCCn1cc(C(=O)c2ccc(OC3CC3)cc2)nn1. The van der Waals surface area contributed by atoms with E-state index in [9.17, 15) is 4.79 Å². The summed E-state index contributed by atoms with van der Waals surface area (Å²) >= 11 is 0. The van der Waals surface area contributed by atoms with Gasteiger partial charge in [-0.15, -0.1) is 5.10 Å². The van der Waals surface area contributed by atoms with E-state index in [1.54, 1.807) is 23.0 Å². The molecule has 1 aromatic heterocycles. The molecule has 1 aliphatic carbocycles. The molecule has 0 bridgehead atoms. The zero-order valence-corrected chi connectivity index (χ0v) is 11.0. The number of carbonyl (C=O) groups is 1. The highest BCUT2D eigenvalue weighted by Crippen LogP contribution is 2.26. The third kappa shape index (κ3) is 2.85. The summed E-state index contributed by atoms with van der Waals surface area (Å²) in [6, 6.07) is 7.13. The fourth-order valence-electron chi connectivity index (χ4n) is 1.86. The number of aromatic nitrogens is 3. The number of benzene rings is 1. The van der Waals surface area contributed by atoms with Crippen molar-refractivity contribution in [3.05, 3.63) is 41.7 Å². The summed E-state index contributed by atoms with van der Waals surface area (Å²) in [4.78, 5) is 12.2. The van der Waals surface area contributed by atoms with Crippen LogP contribution in [-0.2, 0) is 6.54 Å². The minimum atomic E-state index is -0.147. The number of hydrogen-bond acceptors (Lipinski definition) is 5. The second kappa shape index (κ2) is 5.42. The van der Waals surface area contributed by atoms with E-state index in [4.69, 9.17) is 10.5 Å². The van der Waals surface area contributed by atoms with Gasteiger partial charge in [0.25, 0.3) is 0 Å². The van der Waals surface area contributed by atoms with Crippen LogP contribution in [-0.4, -0.2) is 33.4 Å². The predicted octanol–water partition coefficient (Wildman–Crippen LogP) is 1.01. The van der Waals surface area contributed by atoms with Crippen molar-refractivity contribution in [2.75, 3.05) is 6.54 Å². The van der Waals surface area contributed by atoms with Gasteiger partial charge in [0.15, 0.2) is 5.69 Å². The van der Waals surface area contributed by atoms with Gasteiger partial charge >= 0.3 is 0 Å². The molecule has 1 aromatic carbocycles. The molecule has 0 amide bonds. The molecule has 0 unspecified atom stereocenters. The Morgan fingerprint density at radius 2 is 2.10 bits per heavy atom. The topological polar surface area (TPSA) is 83.0 Å². The lowest BCUT2D eigenvalue weighted by Crippen LogP contribution is -2.10. The Balaban J connectivity index is 1.71. The third-order valence-corrected chi connectivity index (χ3v) is 3.07. The van der Waals surface area contributed by atoms with Crippen molar-refractivity contribution in [3.8, 4) is 5.75 Å². The number of nitrogens with zero attached hydrogens (tertiary/aromatic N) is 3. The summed E-state index contributed by atoms with van der Waals surface area (Å²) in [6.07, 6.45) is 4.20. The molecule has 20 heavy (non-hydrogen) atoms. The van der Waals surface area contributed by atoms with Crippen molar-refractivity contribution in [1.29, 1.82) is 0 Å². The van der Waals surface area contributed by atoms with Gasteiger partial charge in [-0.05, 0) is 37.1 Å². The number of rotatable bonds is 6. The molecule has 2 aromatic rings. The summed E-state index contributed by atoms with van der Waals surface area (Å²) in [5, 5.41) is 7.73. The zero-order chi connectivity index (χ0) is 13.9. The standard InChI is InChI=1S/C14H16N4O2/c15-7-8-18-9-13(16-17-18)14(19)10-1-3-11(4-2-10)20-12-5-6-12/h1-4,9,12H,5-8,15H2. The van der Waals surface area contributed by atoms with Crippen molar-refractivity contribution in [2.24, 2.45) is 5.73 Å². The van der Waals surface area contributed by atoms with Crippen LogP contribution in [0.15, 0.2) is 30.5 Å². The van der Waals surface area contributed by atoms with Crippen molar-refractivity contribution >= 4 is 5.78 Å². The number of carbonyl (C=O) groups excluding carboxylic acids is 1. The Bertz CT molecular complexity index is 602. The molecule has 1 heterocycles. The normalized spacial score (nSPS) is 14.2. The van der Waals surface area contributed by atoms with Gasteiger partial charge in [-0.25, -0.2) is 0 Å². The van der Waals surface area contributed by atoms with Crippen LogP contribution in [0, 0.1) is 0 Å². The second-order valence-corrected chi connectivity index (χ2v) is 4.83. The third-order valence-electron chi connectivity index (χ3n) is 3.07. The molecular formula is C14H16N4O2. The summed E-state index contributed by atoms with van der Waals surface area (Å²) < 4.78 is 7.21. The average molecular weight is 272 g/mol. The molecular weight excluding hydrogens is 256 g/mol. The second-order valence-electron chi connectivity index (χ2n) is 4.83. The highest BCUT2D eigenvalue weighted by Gasteiger charge is 2.23. The van der Waals surface area contributed by atoms with Gasteiger partial charge in [0, 0.05) is 12.1 Å². The molecule has 0 radical (unpaired) electrons. The molecule has 2 N–H and O–H groups in total. The summed E-state index contributed by atoms with van der Waals surface area (Å²) in [5.74, 6) is 0.655. The molecule has 0 spiro atoms. The van der Waals surface area contributed by atoms with Gasteiger partial charge in [-0.3, -0.25) is 9.48 Å². The first-order chi connectivity index (χ1) is 9.76. The maximum absolute atomic E-state index is 12.2. The zero-order valence-electron chi connectivity index (χ0n) is 11.0. The lowest BCUT2D eigenvalue weighted by Gasteiger charge is -2.04. The van der Waals surface area contributed by atoms with Crippen molar-refractivity contribution in [1.82, 2.24) is 15.0 Å². The van der Waals surface area contributed by atoms with Gasteiger partial charge in [0.2, 0.25) is 5.78 Å². The number of nitrogens with two attached hydrogens (primary N) is 1. The van der Waals surface area contributed by atoms with Crippen LogP contribution >= 0.6 is 0 Å². The summed E-state index contributed by atoms with van der Waals surface area (Å²) in [5.41, 5.74) is 6.34. The van der Waals surface area contributed by atoms with E-state index in [-0.39, 0.29) is 5.78 Å². The Hall–Kier alpha value is -2.21. The van der Waals surface area contributed by atoms with E-state index in [0.29, 0.717) is 30.5 Å². The fraction of sp³-hybridized carbons (Fsp3) is 0.357. The van der Waals surface area contributed by atoms with Crippen LogP contribution in [0.2, 0.25) is 0 Å². The Kier molecular flexibility index (Phi) is 3.47. The van der Waals surface area contributed by atoms with E-state index in [2.05, 4.69) is 10.3 Å². The largest absolute Gasteiger partial charge is 0.490 e. The lowest BCUT2D eigenvalue weighted by atomic mass is 10.1. The Morgan fingerprint density at radius 1 is 1.35 bits per heavy atom. The van der Waals surface area contributed by atoms with E-state index < -0.39 is 0 Å². The highest BCUT2D eigenvalue weighted by molar-refractivity contribution is 6.07. The van der Waals surface area contributed by atoms with Crippen LogP contribution < -0.4 is 10.5 Å². The van der Waals surface area contributed by atoms with E-state index in [1.807, 2.05) is 12.1 Å². The predicted molar refractivity (Wildman–Crippen MR) is 72.6 cm³/mol. The molecule has 0 atom stereocenters. The molecule has 6 heteroatoms. The van der Waals surface area contributed by atoms with Crippen LogP contribution in [0.3, 0.4) is 0 Å². The summed E-state index contributed by atoms with van der Waals surface area (Å²) in [7, 11) is 0. The van der Waals surface area contributed by atoms with Crippen molar-refractivity contribution in [3.63, 3.8) is 0 Å². The van der Waals surface area contributed by atoms with Crippen LogP contribution in [0.1, 0.15) is 28.9 Å². The van der Waals surface area contributed by atoms with Crippen molar-refractivity contribution in [2.45, 2.75) is 25.5 Å². The molecule has 3 rings (SSSR count). The molecule has 104 valence electrons. The maximum Gasteiger partial charge on any atom is 0.214 e. The average Bonchev–Trinajstić information content (AvgIpc) is 3.15. The van der Waals surface area contributed by atoms with Gasteiger partial charge in [-0.1, -0.05) is 5.21 Å². The maximum atomic E-state index is 12.2. The van der Waals surface area contributed by atoms with E-state index in [0.717, 1.165) is 18.6 Å². The molecule has 0 aliphatic heterocycles. The highest BCUT2D eigenvalue weighted by atomic mass is 16.5. The van der Waals surface area contributed by atoms with Gasteiger partial charge < -0.3 is 10.5 Å². The van der Waals surface area contributed by atoms with E-state index in [1.165, 1.54) is 0 Å². The lowest BCUT2D eigenvalue weighted by molar-refractivity contribution is 0.103. The Morgan fingerprint density at radius 3 is 2.75 bits per heavy atom. The molecule has 1 aliphatic rings. The monoisotopic (exact) mass is 272 g/mol. The number of hydrogen-bond donors (Lipinski definition) is 1. The van der Waals surface area contributed by atoms with Crippen LogP contribution in [0.5, 0.6) is 5.75 Å². The van der Waals surface area contributed by atoms with Gasteiger partial charge in [0.05, 0.1) is 18.8 Å². The van der Waals surface area contributed by atoms with Crippen LogP contribution in [0.25, 0.3) is 0 Å². The number of ether oxygens (including phenoxy) is 1. The molecule has 6 nitrogen and oxygen atoms in total. The van der Waals surface area contributed by atoms with Gasteiger partial charge in [-0.2, -0.15) is 0 Å². The fourth-order valence-corrected chi connectivity index (χ4v) is 1.86. The first-order valence-electron chi connectivity index (χ1n) is 6.68. The minimum Gasteiger partial charge on any atom is -0.490 e.